The van der Waals surface area contributed by atoms with E-state index in [0.717, 1.165) is 21.9 Å². The van der Waals surface area contributed by atoms with Crippen LogP contribution in [-0.4, -0.2) is 26.2 Å². The molecule has 0 atom stereocenters. The van der Waals surface area contributed by atoms with Crippen LogP contribution in [0.3, 0.4) is 0 Å². The van der Waals surface area contributed by atoms with Crippen LogP contribution in [0.2, 0.25) is 0 Å². The highest BCUT2D eigenvalue weighted by Crippen LogP contribution is 2.27. The molecule has 0 aliphatic rings. The molecule has 0 saturated heterocycles. The molecular weight excluding hydrogens is 406 g/mol. The number of nitrogens with one attached hydrogen (secondary N) is 1. The molecule has 3 heterocycles. The van der Waals surface area contributed by atoms with Gasteiger partial charge in [0.05, 0.1) is 6.54 Å². The molecule has 32 heavy (non-hydrogen) atoms. The SMILES string of the molecule is Cc1ccc(-c2noc(C)c2C(=O)NCc2nnc(-c3nccc4ccccc34)o2)cc1. The van der Waals surface area contributed by atoms with E-state index in [9.17, 15) is 4.79 Å². The quantitative estimate of drug-likeness (QED) is 0.442. The minimum absolute atomic E-state index is 0.0640. The van der Waals surface area contributed by atoms with Gasteiger partial charge >= 0.3 is 0 Å². The molecule has 5 rings (SSSR count). The van der Waals surface area contributed by atoms with Gasteiger partial charge in [-0.25, -0.2) is 0 Å². The van der Waals surface area contributed by atoms with Crippen LogP contribution in [0.5, 0.6) is 0 Å². The molecule has 158 valence electrons. The van der Waals surface area contributed by atoms with Crippen molar-refractivity contribution in [1.29, 1.82) is 0 Å². The molecule has 0 spiro atoms. The molecule has 1 amide bonds. The zero-order valence-electron chi connectivity index (χ0n) is 17.5. The van der Waals surface area contributed by atoms with Crippen molar-refractivity contribution in [1.82, 2.24) is 25.7 Å². The van der Waals surface area contributed by atoms with Gasteiger partial charge in [0.25, 0.3) is 11.8 Å². The van der Waals surface area contributed by atoms with Crippen molar-refractivity contribution in [3.8, 4) is 22.8 Å². The molecular formula is C24H19N5O3. The summed E-state index contributed by atoms with van der Waals surface area (Å²) in [7, 11) is 0. The maximum Gasteiger partial charge on any atom is 0.266 e. The predicted octanol–water partition coefficient (Wildman–Crippen LogP) is 4.49. The minimum Gasteiger partial charge on any atom is -0.417 e. The highest BCUT2D eigenvalue weighted by Gasteiger charge is 2.22. The van der Waals surface area contributed by atoms with Gasteiger partial charge < -0.3 is 14.3 Å². The third-order valence-corrected chi connectivity index (χ3v) is 5.16. The van der Waals surface area contributed by atoms with E-state index >= 15 is 0 Å². The lowest BCUT2D eigenvalue weighted by atomic mass is 10.0. The number of hydrogen-bond donors (Lipinski definition) is 1. The summed E-state index contributed by atoms with van der Waals surface area (Å²) in [4.78, 5) is 17.3. The Bertz CT molecular complexity index is 1410. The number of aromatic nitrogens is 4. The summed E-state index contributed by atoms with van der Waals surface area (Å²) in [6.07, 6.45) is 1.70. The van der Waals surface area contributed by atoms with E-state index in [0.29, 0.717) is 28.6 Å². The summed E-state index contributed by atoms with van der Waals surface area (Å²) in [5.74, 6) is 0.674. The molecule has 8 nitrogen and oxygen atoms in total. The summed E-state index contributed by atoms with van der Waals surface area (Å²) >= 11 is 0. The van der Waals surface area contributed by atoms with E-state index in [1.165, 1.54) is 0 Å². The number of hydrogen-bond acceptors (Lipinski definition) is 7. The molecule has 0 aliphatic heterocycles. The number of rotatable bonds is 5. The van der Waals surface area contributed by atoms with Crippen molar-refractivity contribution in [2.24, 2.45) is 0 Å². The summed E-state index contributed by atoms with van der Waals surface area (Å²) in [5.41, 5.74) is 3.40. The van der Waals surface area contributed by atoms with E-state index in [2.05, 4.69) is 25.7 Å². The molecule has 0 saturated carbocycles. The maximum absolute atomic E-state index is 12.9. The van der Waals surface area contributed by atoms with Crippen LogP contribution in [0.4, 0.5) is 0 Å². The molecule has 2 aromatic carbocycles. The van der Waals surface area contributed by atoms with Crippen molar-refractivity contribution in [2.45, 2.75) is 20.4 Å². The second-order valence-electron chi connectivity index (χ2n) is 7.39. The van der Waals surface area contributed by atoms with E-state index in [1.54, 1.807) is 13.1 Å². The first kappa shape index (κ1) is 19.6. The van der Waals surface area contributed by atoms with Gasteiger partial charge in [-0.05, 0) is 25.3 Å². The Hall–Kier alpha value is -4.33. The Morgan fingerprint density at radius 1 is 0.969 bits per heavy atom. The topological polar surface area (TPSA) is 107 Å². The van der Waals surface area contributed by atoms with Gasteiger partial charge in [0.2, 0.25) is 5.89 Å². The van der Waals surface area contributed by atoms with E-state index in [4.69, 9.17) is 8.94 Å². The van der Waals surface area contributed by atoms with E-state index < -0.39 is 0 Å². The normalized spacial score (nSPS) is 11.1. The fourth-order valence-electron chi connectivity index (χ4n) is 3.50. The van der Waals surface area contributed by atoms with E-state index in [-0.39, 0.29) is 18.3 Å². The number of aryl methyl sites for hydroxylation is 2. The van der Waals surface area contributed by atoms with Crippen molar-refractivity contribution in [3.05, 3.63) is 83.6 Å². The first-order chi connectivity index (χ1) is 15.6. The molecule has 8 heteroatoms. The molecule has 0 fully saturated rings. The van der Waals surface area contributed by atoms with Gasteiger partial charge in [-0.2, -0.15) is 0 Å². The average Bonchev–Trinajstić information content (AvgIpc) is 3.44. The number of benzene rings is 2. The van der Waals surface area contributed by atoms with E-state index in [1.807, 2.05) is 61.5 Å². The third kappa shape index (κ3) is 3.62. The second kappa shape index (κ2) is 8.07. The number of pyridine rings is 1. The van der Waals surface area contributed by atoms with Crippen molar-refractivity contribution in [2.75, 3.05) is 0 Å². The maximum atomic E-state index is 12.9. The van der Waals surface area contributed by atoms with Gasteiger partial charge in [-0.15, -0.1) is 10.2 Å². The lowest BCUT2D eigenvalue weighted by Gasteiger charge is -2.04. The highest BCUT2D eigenvalue weighted by atomic mass is 16.5. The van der Waals surface area contributed by atoms with Gasteiger partial charge in [0.15, 0.2) is 0 Å². The molecule has 0 aliphatic carbocycles. The number of amides is 1. The molecule has 3 aromatic heterocycles. The predicted molar refractivity (Wildman–Crippen MR) is 118 cm³/mol. The summed E-state index contributed by atoms with van der Waals surface area (Å²) in [6, 6.07) is 17.5. The zero-order chi connectivity index (χ0) is 22.1. The largest absolute Gasteiger partial charge is 0.417 e. The molecule has 0 bridgehead atoms. The lowest BCUT2D eigenvalue weighted by molar-refractivity contribution is 0.0946. The number of carbonyl (C=O) groups excluding carboxylic acids is 1. The van der Waals surface area contributed by atoms with Crippen LogP contribution < -0.4 is 5.32 Å². The first-order valence-electron chi connectivity index (χ1n) is 10.1. The first-order valence-corrected chi connectivity index (χ1v) is 10.1. The Labute approximate surface area is 183 Å². The molecule has 1 N–H and O–H groups in total. The van der Waals surface area contributed by atoms with Gasteiger partial charge in [-0.1, -0.05) is 59.3 Å². The lowest BCUT2D eigenvalue weighted by Crippen LogP contribution is -2.23. The summed E-state index contributed by atoms with van der Waals surface area (Å²) in [6.45, 7) is 3.77. The van der Waals surface area contributed by atoms with Gasteiger partial charge in [0.1, 0.15) is 22.7 Å². The number of carbonyl (C=O) groups is 1. The smallest absolute Gasteiger partial charge is 0.266 e. The van der Waals surface area contributed by atoms with Crippen LogP contribution in [0.25, 0.3) is 33.6 Å². The standard InChI is InChI=1S/C24H19N5O3/c1-14-7-9-17(10-8-14)21-20(15(2)32-29-21)23(30)26-13-19-27-28-24(31-19)22-18-6-4-3-5-16(18)11-12-25-22/h3-12H,13H2,1-2H3,(H,26,30). The monoisotopic (exact) mass is 425 g/mol. The number of fused-ring (bicyclic) bond motifs is 1. The number of nitrogens with zero attached hydrogens (tertiary/aromatic N) is 4. The summed E-state index contributed by atoms with van der Waals surface area (Å²) < 4.78 is 11.1. The Kier molecular flexibility index (Phi) is 4.95. The van der Waals surface area contributed by atoms with Gasteiger partial charge in [-0.3, -0.25) is 9.78 Å². The van der Waals surface area contributed by atoms with Crippen molar-refractivity contribution in [3.63, 3.8) is 0 Å². The highest BCUT2D eigenvalue weighted by molar-refractivity contribution is 6.00. The van der Waals surface area contributed by atoms with Crippen LogP contribution in [-0.2, 0) is 6.54 Å². The molecule has 0 unspecified atom stereocenters. The summed E-state index contributed by atoms with van der Waals surface area (Å²) in [5, 5.41) is 17.0. The Morgan fingerprint density at radius 2 is 1.78 bits per heavy atom. The Balaban J connectivity index is 1.35. The van der Waals surface area contributed by atoms with Crippen LogP contribution in [0.1, 0.15) is 27.6 Å². The fourth-order valence-corrected chi connectivity index (χ4v) is 3.50. The molecule has 5 aromatic rings. The van der Waals surface area contributed by atoms with Gasteiger partial charge in [0, 0.05) is 17.1 Å². The second-order valence-corrected chi connectivity index (χ2v) is 7.39. The third-order valence-electron chi connectivity index (χ3n) is 5.16. The van der Waals surface area contributed by atoms with Crippen LogP contribution >= 0.6 is 0 Å². The average molecular weight is 425 g/mol. The molecule has 0 radical (unpaired) electrons. The van der Waals surface area contributed by atoms with Crippen molar-refractivity contribution >= 4 is 16.7 Å². The zero-order valence-corrected chi connectivity index (χ0v) is 17.5. The van der Waals surface area contributed by atoms with Crippen LogP contribution in [0, 0.1) is 13.8 Å². The van der Waals surface area contributed by atoms with Crippen LogP contribution in [0.15, 0.2) is 69.7 Å². The fraction of sp³-hybridized carbons (Fsp3) is 0.125. The minimum atomic E-state index is -0.331. The van der Waals surface area contributed by atoms with Crippen molar-refractivity contribution < 1.29 is 13.7 Å². The Morgan fingerprint density at radius 3 is 2.62 bits per heavy atom.